The Bertz CT molecular complexity index is 1690. The van der Waals surface area contributed by atoms with Crippen LogP contribution in [-0.4, -0.2) is 40.4 Å². The monoisotopic (exact) mass is 484 g/mol. The first-order valence-corrected chi connectivity index (χ1v) is 12.2. The van der Waals surface area contributed by atoms with Gasteiger partial charge in [-0.05, 0) is 36.8 Å². The molecule has 0 fully saturated rings. The third-order valence-electron chi connectivity index (χ3n) is 6.34. The molecule has 176 valence electrons. The molecule has 0 amide bonds. The summed E-state index contributed by atoms with van der Waals surface area (Å²) in [6.45, 7) is 2.75. The van der Waals surface area contributed by atoms with Gasteiger partial charge >= 0.3 is 0 Å². The summed E-state index contributed by atoms with van der Waals surface area (Å²) in [6, 6.07) is 19.8. The van der Waals surface area contributed by atoms with Gasteiger partial charge in [0.25, 0.3) is 5.56 Å². The lowest BCUT2D eigenvalue weighted by molar-refractivity contribution is 0.0913. The van der Waals surface area contributed by atoms with E-state index in [-0.39, 0.29) is 5.56 Å². The van der Waals surface area contributed by atoms with E-state index in [1.54, 1.807) is 15.4 Å². The predicted octanol–water partition coefficient (Wildman–Crippen LogP) is 1.77. The van der Waals surface area contributed by atoms with Gasteiger partial charge in [0, 0.05) is 18.9 Å². The average Bonchev–Trinajstić information content (AvgIpc) is 3.53. The SMILES string of the molecule is CC1=c2c(n(Cc3ccccc3)n(-c3nc4ccccc4s3)c2=O)=CC(O)N1Cc1ccn(C)n1. The fourth-order valence-electron chi connectivity index (χ4n) is 4.63. The molecule has 1 aliphatic rings. The zero-order chi connectivity index (χ0) is 24.1. The highest BCUT2D eigenvalue weighted by molar-refractivity contribution is 7.20. The molecule has 2 aromatic carbocycles. The first-order chi connectivity index (χ1) is 17.0. The molecule has 0 saturated carbocycles. The van der Waals surface area contributed by atoms with Crippen LogP contribution in [0, 0.1) is 0 Å². The van der Waals surface area contributed by atoms with Crippen LogP contribution < -0.4 is 16.1 Å². The molecule has 0 saturated heterocycles. The maximum Gasteiger partial charge on any atom is 0.283 e. The number of rotatable bonds is 5. The largest absolute Gasteiger partial charge is 0.370 e. The van der Waals surface area contributed by atoms with Crippen molar-refractivity contribution in [3.05, 3.63) is 99.0 Å². The Hall–Kier alpha value is -3.95. The van der Waals surface area contributed by atoms with E-state index in [0.717, 1.165) is 21.5 Å². The van der Waals surface area contributed by atoms with Gasteiger partial charge in [-0.15, -0.1) is 0 Å². The van der Waals surface area contributed by atoms with Crippen LogP contribution >= 0.6 is 11.3 Å². The number of thiazole rings is 1. The first-order valence-electron chi connectivity index (χ1n) is 11.4. The fourth-order valence-corrected chi connectivity index (χ4v) is 5.61. The van der Waals surface area contributed by atoms with Crippen molar-refractivity contribution in [2.75, 3.05) is 0 Å². The van der Waals surface area contributed by atoms with E-state index in [0.29, 0.717) is 34.5 Å². The highest BCUT2D eigenvalue weighted by Crippen LogP contribution is 2.24. The number of hydrogen-bond acceptors (Lipinski definition) is 6. The summed E-state index contributed by atoms with van der Waals surface area (Å²) in [4.78, 5) is 20.5. The molecule has 35 heavy (non-hydrogen) atoms. The molecule has 4 heterocycles. The van der Waals surface area contributed by atoms with Gasteiger partial charge in [-0.2, -0.15) is 9.78 Å². The third kappa shape index (κ3) is 3.69. The third-order valence-corrected chi connectivity index (χ3v) is 7.35. The Morgan fingerprint density at radius 2 is 1.80 bits per heavy atom. The van der Waals surface area contributed by atoms with E-state index in [9.17, 15) is 9.90 Å². The van der Waals surface area contributed by atoms with Gasteiger partial charge in [0.15, 0.2) is 0 Å². The molecule has 3 aromatic heterocycles. The van der Waals surface area contributed by atoms with Crippen LogP contribution in [0.2, 0.25) is 0 Å². The number of hydrogen-bond donors (Lipinski definition) is 1. The molecule has 8 nitrogen and oxygen atoms in total. The minimum Gasteiger partial charge on any atom is -0.370 e. The lowest BCUT2D eigenvalue weighted by Crippen LogP contribution is -2.49. The average molecular weight is 485 g/mol. The second-order valence-electron chi connectivity index (χ2n) is 8.66. The maximum atomic E-state index is 14.0. The molecule has 1 atom stereocenters. The zero-order valence-corrected chi connectivity index (χ0v) is 20.2. The van der Waals surface area contributed by atoms with E-state index in [4.69, 9.17) is 4.98 Å². The summed E-state index contributed by atoms with van der Waals surface area (Å²) in [5.74, 6) is 0. The van der Waals surface area contributed by atoms with Crippen LogP contribution in [-0.2, 0) is 20.1 Å². The summed E-state index contributed by atoms with van der Waals surface area (Å²) in [7, 11) is 1.86. The molecular formula is C26H24N6O2S. The number of aryl methyl sites for hydroxylation is 1. The van der Waals surface area contributed by atoms with Crippen molar-refractivity contribution in [3.63, 3.8) is 0 Å². The highest BCUT2D eigenvalue weighted by atomic mass is 32.1. The molecule has 1 unspecified atom stereocenters. The number of nitrogens with zero attached hydrogens (tertiary/aromatic N) is 6. The van der Waals surface area contributed by atoms with Crippen molar-refractivity contribution in [2.45, 2.75) is 26.2 Å². The maximum absolute atomic E-state index is 14.0. The second-order valence-corrected chi connectivity index (χ2v) is 9.67. The van der Waals surface area contributed by atoms with E-state index >= 15 is 0 Å². The number of aromatic nitrogens is 5. The minimum absolute atomic E-state index is 0.151. The smallest absolute Gasteiger partial charge is 0.283 e. The van der Waals surface area contributed by atoms with Crippen molar-refractivity contribution in [3.8, 4) is 5.13 Å². The quantitative estimate of drug-likeness (QED) is 0.411. The summed E-state index contributed by atoms with van der Waals surface area (Å²) in [5, 5.41) is 17.4. The van der Waals surface area contributed by atoms with Gasteiger partial charge in [0.05, 0.1) is 39.6 Å². The number of benzene rings is 2. The Balaban J connectivity index is 1.58. The van der Waals surface area contributed by atoms with Gasteiger partial charge in [0.2, 0.25) is 5.13 Å². The number of aliphatic hydroxyl groups excluding tert-OH is 1. The van der Waals surface area contributed by atoms with Crippen molar-refractivity contribution in [1.82, 2.24) is 29.0 Å². The standard InChI is InChI=1S/C26H24N6O2S/c1-17-24-21(14-23(33)30(17)16-19-12-13-29(2)28-19)31(15-18-8-4-3-5-9-18)32(25(24)34)26-27-20-10-6-7-11-22(20)35-26/h3-14,23,33H,15-16H2,1-2H3. The molecule has 0 radical (unpaired) electrons. The molecule has 0 bridgehead atoms. The van der Waals surface area contributed by atoms with Crippen molar-refractivity contribution < 1.29 is 5.11 Å². The molecule has 9 heteroatoms. The first kappa shape index (κ1) is 21.6. The number of para-hydroxylation sites is 1. The number of aliphatic hydroxyl groups is 1. The summed E-state index contributed by atoms with van der Waals surface area (Å²) in [6.07, 6.45) is 2.73. The Morgan fingerprint density at radius 1 is 1.03 bits per heavy atom. The fraction of sp³-hybridized carbons (Fsp3) is 0.192. The van der Waals surface area contributed by atoms with Gasteiger partial charge in [-0.1, -0.05) is 53.8 Å². The summed E-state index contributed by atoms with van der Waals surface area (Å²) in [5.41, 5.74) is 3.29. The van der Waals surface area contributed by atoms with Gasteiger partial charge < -0.3 is 10.0 Å². The Labute approximate surface area is 204 Å². The molecule has 0 aliphatic carbocycles. The Morgan fingerprint density at radius 3 is 2.54 bits per heavy atom. The molecule has 1 aliphatic heterocycles. The summed E-state index contributed by atoms with van der Waals surface area (Å²) < 4.78 is 6.32. The van der Waals surface area contributed by atoms with Crippen LogP contribution in [0.25, 0.3) is 27.1 Å². The summed E-state index contributed by atoms with van der Waals surface area (Å²) >= 11 is 1.48. The van der Waals surface area contributed by atoms with Crippen LogP contribution in [0.5, 0.6) is 0 Å². The van der Waals surface area contributed by atoms with Crippen LogP contribution in [0.1, 0.15) is 18.2 Å². The lowest BCUT2D eigenvalue weighted by atomic mass is 10.2. The van der Waals surface area contributed by atoms with E-state index in [1.165, 1.54) is 11.3 Å². The topological polar surface area (TPSA) is 81.1 Å². The molecule has 6 rings (SSSR count). The van der Waals surface area contributed by atoms with Crippen molar-refractivity contribution in [2.24, 2.45) is 7.05 Å². The van der Waals surface area contributed by atoms with Crippen molar-refractivity contribution >= 4 is 33.3 Å². The van der Waals surface area contributed by atoms with E-state index in [2.05, 4.69) is 5.10 Å². The molecule has 5 aromatic rings. The normalized spacial score (nSPS) is 15.5. The zero-order valence-electron chi connectivity index (χ0n) is 19.4. The van der Waals surface area contributed by atoms with Crippen LogP contribution in [0.15, 0.2) is 71.7 Å². The van der Waals surface area contributed by atoms with Crippen LogP contribution in [0.4, 0.5) is 0 Å². The van der Waals surface area contributed by atoms with E-state index < -0.39 is 6.23 Å². The van der Waals surface area contributed by atoms with Crippen molar-refractivity contribution in [1.29, 1.82) is 0 Å². The molecular weight excluding hydrogens is 460 g/mol. The molecule has 0 spiro atoms. The van der Waals surface area contributed by atoms with Gasteiger partial charge in [0.1, 0.15) is 6.23 Å². The highest BCUT2D eigenvalue weighted by Gasteiger charge is 2.26. The second kappa shape index (κ2) is 8.37. The Kier molecular flexibility index (Phi) is 5.16. The minimum atomic E-state index is -0.892. The van der Waals surface area contributed by atoms with Gasteiger partial charge in [-0.25, -0.2) is 4.98 Å². The lowest BCUT2D eigenvalue weighted by Gasteiger charge is -2.30. The molecule has 1 N–H and O–H groups in total. The van der Waals surface area contributed by atoms with Crippen LogP contribution in [0.3, 0.4) is 0 Å². The predicted molar refractivity (Wildman–Crippen MR) is 136 cm³/mol. The van der Waals surface area contributed by atoms with Gasteiger partial charge in [-0.3, -0.25) is 14.2 Å². The van der Waals surface area contributed by atoms with E-state index in [1.807, 2.05) is 90.4 Å². The number of fused-ring (bicyclic) bond motifs is 2.